The molecule has 0 aromatic carbocycles. The summed E-state index contributed by atoms with van der Waals surface area (Å²) in [6.07, 6.45) is 46.8. The summed E-state index contributed by atoms with van der Waals surface area (Å²) in [7, 11) is 0. The van der Waals surface area contributed by atoms with Crippen LogP contribution in [0, 0.1) is 5.41 Å². The summed E-state index contributed by atoms with van der Waals surface area (Å²) in [6, 6.07) is 0. The van der Waals surface area contributed by atoms with Crippen molar-refractivity contribution in [1.82, 2.24) is 15.8 Å². The molecule has 0 fully saturated rings. The summed E-state index contributed by atoms with van der Waals surface area (Å²) in [5, 5.41) is 12.7. The van der Waals surface area contributed by atoms with Crippen molar-refractivity contribution in [3.8, 4) is 0 Å². The van der Waals surface area contributed by atoms with Crippen LogP contribution < -0.4 is 16.5 Å². The van der Waals surface area contributed by atoms with Gasteiger partial charge in [-0.3, -0.25) is 10.8 Å². The average molecular weight is 586 g/mol. The Morgan fingerprint density at radius 1 is 0.524 bits per heavy atom. The lowest BCUT2D eigenvalue weighted by Crippen LogP contribution is -2.44. The highest BCUT2D eigenvalue weighted by atomic mass is 15.5. The molecule has 0 aromatic rings. The zero-order chi connectivity index (χ0) is 30.6. The number of nitrogens with zero attached hydrogens (tertiary/aromatic N) is 1. The maximum atomic E-state index is 7.34. The molecular weight excluding hydrogens is 514 g/mol. The van der Waals surface area contributed by atoms with Crippen molar-refractivity contribution >= 4 is 5.96 Å². The summed E-state index contributed by atoms with van der Waals surface area (Å²) >= 11 is 0. The van der Waals surface area contributed by atoms with Crippen LogP contribution in [0.2, 0.25) is 0 Å². The van der Waals surface area contributed by atoms with Gasteiger partial charge in [-0.05, 0) is 64.2 Å². The third-order valence-corrected chi connectivity index (χ3v) is 7.53. The van der Waals surface area contributed by atoms with E-state index in [1.165, 1.54) is 128 Å². The highest BCUT2D eigenvalue weighted by Gasteiger charge is 2.04. The van der Waals surface area contributed by atoms with Gasteiger partial charge in [0.05, 0.1) is 0 Å². The molecular formula is C37H71N5. The minimum Gasteiger partial charge on any atom is -0.370 e. The number of rotatable bonds is 32. The molecule has 5 heteroatoms. The zero-order valence-electron chi connectivity index (χ0n) is 28.0. The normalized spacial score (nSPS) is 12.3. The van der Waals surface area contributed by atoms with Crippen molar-refractivity contribution in [2.45, 2.75) is 155 Å². The van der Waals surface area contributed by atoms with Crippen LogP contribution in [0.5, 0.6) is 0 Å². The fraction of sp³-hybridized carbons (Fsp3) is 0.757. The molecule has 0 aliphatic heterocycles. The SMILES string of the molecule is CCCC/C=C\C/C=C\CCCCCCCCN(CCCCCCCC/C=C\C/C=C\CCCC)NCCNC(=N)N. The Morgan fingerprint density at radius 3 is 1.31 bits per heavy atom. The first-order valence-corrected chi connectivity index (χ1v) is 17.9. The number of hydrogen-bond donors (Lipinski definition) is 4. The first-order chi connectivity index (χ1) is 20.7. The number of nitrogens with one attached hydrogen (secondary N) is 3. The average Bonchev–Trinajstić information content (AvgIpc) is 2.98. The predicted molar refractivity (Wildman–Crippen MR) is 189 cm³/mol. The molecule has 42 heavy (non-hydrogen) atoms. The van der Waals surface area contributed by atoms with E-state index in [2.05, 4.69) is 78.2 Å². The minimum absolute atomic E-state index is 0.0489. The summed E-state index contributed by atoms with van der Waals surface area (Å²) in [4.78, 5) is 0. The lowest BCUT2D eigenvalue weighted by molar-refractivity contribution is 0.180. The monoisotopic (exact) mass is 586 g/mol. The van der Waals surface area contributed by atoms with Crippen LogP contribution in [0.1, 0.15) is 155 Å². The van der Waals surface area contributed by atoms with Crippen LogP contribution >= 0.6 is 0 Å². The molecule has 0 aliphatic carbocycles. The molecule has 244 valence electrons. The van der Waals surface area contributed by atoms with Gasteiger partial charge in [0.25, 0.3) is 0 Å². The predicted octanol–water partition coefficient (Wildman–Crippen LogP) is 10.1. The van der Waals surface area contributed by atoms with Gasteiger partial charge in [-0.2, -0.15) is 0 Å². The first-order valence-electron chi connectivity index (χ1n) is 17.9. The molecule has 5 nitrogen and oxygen atoms in total. The molecule has 0 unspecified atom stereocenters. The third-order valence-electron chi connectivity index (χ3n) is 7.53. The maximum absolute atomic E-state index is 7.34. The Bertz CT molecular complexity index is 621. The zero-order valence-corrected chi connectivity index (χ0v) is 28.0. The van der Waals surface area contributed by atoms with Crippen LogP contribution in [-0.2, 0) is 0 Å². The minimum atomic E-state index is 0.0489. The number of hydrazine groups is 1. The van der Waals surface area contributed by atoms with Crippen molar-refractivity contribution in [1.29, 1.82) is 5.41 Å². The summed E-state index contributed by atoms with van der Waals surface area (Å²) in [5.74, 6) is 0.0489. The Morgan fingerprint density at radius 2 is 0.905 bits per heavy atom. The van der Waals surface area contributed by atoms with E-state index >= 15 is 0 Å². The summed E-state index contributed by atoms with van der Waals surface area (Å²) in [5.41, 5.74) is 8.99. The van der Waals surface area contributed by atoms with Gasteiger partial charge in [0.2, 0.25) is 0 Å². The highest BCUT2D eigenvalue weighted by molar-refractivity contribution is 5.74. The van der Waals surface area contributed by atoms with E-state index in [4.69, 9.17) is 11.1 Å². The van der Waals surface area contributed by atoms with Crippen LogP contribution in [0.4, 0.5) is 0 Å². The molecule has 0 saturated carbocycles. The van der Waals surface area contributed by atoms with Crippen LogP contribution in [0.25, 0.3) is 0 Å². The quantitative estimate of drug-likeness (QED) is 0.0208. The molecule has 0 aromatic heterocycles. The first kappa shape index (κ1) is 40.1. The van der Waals surface area contributed by atoms with Crippen molar-refractivity contribution < 1.29 is 0 Å². The van der Waals surface area contributed by atoms with Crippen LogP contribution in [-0.4, -0.2) is 37.1 Å². The molecule has 0 spiro atoms. The van der Waals surface area contributed by atoms with Gasteiger partial charge in [-0.1, -0.05) is 140 Å². The van der Waals surface area contributed by atoms with Crippen molar-refractivity contribution in [3.63, 3.8) is 0 Å². The van der Waals surface area contributed by atoms with Crippen molar-refractivity contribution in [2.75, 3.05) is 26.2 Å². The van der Waals surface area contributed by atoms with Crippen molar-refractivity contribution in [3.05, 3.63) is 48.6 Å². The number of allylic oxidation sites excluding steroid dienone is 8. The van der Waals surface area contributed by atoms with Crippen LogP contribution in [0.3, 0.4) is 0 Å². The standard InChI is InChI=1S/C37H71N5/c1-3-5-7-9-11-13-15-17-19-21-23-25-27-29-31-35-42(41-34-33-40-37(38)39)36-32-30-28-26-24-22-20-18-16-14-12-10-8-6-4-2/h9-12,15-18,41H,3-8,13-14,19-36H2,1-2H3,(H4,38,39,40)/b11-9-,12-10-,17-15-,18-16-. The lowest BCUT2D eigenvalue weighted by Gasteiger charge is -2.23. The maximum Gasteiger partial charge on any atom is 0.185 e. The smallest absolute Gasteiger partial charge is 0.185 e. The van der Waals surface area contributed by atoms with E-state index < -0.39 is 0 Å². The molecule has 0 atom stereocenters. The van der Waals surface area contributed by atoms with Crippen LogP contribution in [0.15, 0.2) is 48.6 Å². The largest absolute Gasteiger partial charge is 0.370 e. The molecule has 0 aliphatic rings. The molecule has 0 heterocycles. The van der Waals surface area contributed by atoms with Gasteiger partial charge in [-0.15, -0.1) is 0 Å². The molecule has 0 amide bonds. The number of unbranched alkanes of at least 4 members (excludes halogenated alkanes) is 16. The summed E-state index contributed by atoms with van der Waals surface area (Å²) < 4.78 is 0. The second kappa shape index (κ2) is 35.3. The van der Waals surface area contributed by atoms with Crippen molar-refractivity contribution in [2.24, 2.45) is 5.73 Å². The molecule has 5 N–H and O–H groups in total. The Kier molecular flexibility index (Phi) is 33.8. The van der Waals surface area contributed by atoms with E-state index in [0.29, 0.717) is 6.54 Å². The van der Waals surface area contributed by atoms with Gasteiger partial charge >= 0.3 is 0 Å². The van der Waals surface area contributed by atoms with Gasteiger partial charge in [0.15, 0.2) is 5.96 Å². The van der Waals surface area contributed by atoms with Gasteiger partial charge in [0, 0.05) is 26.2 Å². The Hall–Kier alpha value is -1.85. The molecule has 0 rings (SSSR count). The summed E-state index contributed by atoms with van der Waals surface area (Å²) in [6.45, 7) is 8.21. The lowest BCUT2D eigenvalue weighted by atomic mass is 10.1. The fourth-order valence-electron chi connectivity index (χ4n) is 4.88. The third kappa shape index (κ3) is 34.4. The number of nitrogens with two attached hydrogens (primary N) is 1. The van der Waals surface area contributed by atoms with E-state index in [1.807, 2.05) is 0 Å². The molecule has 0 radical (unpaired) electrons. The Labute approximate surface area is 262 Å². The second-order valence-corrected chi connectivity index (χ2v) is 11.7. The number of guanidine groups is 1. The number of hydrogen-bond acceptors (Lipinski definition) is 3. The van der Waals surface area contributed by atoms with E-state index in [1.54, 1.807) is 0 Å². The van der Waals surface area contributed by atoms with Gasteiger partial charge in [0.1, 0.15) is 0 Å². The van der Waals surface area contributed by atoms with E-state index in [9.17, 15) is 0 Å². The Balaban J connectivity index is 3.85. The van der Waals surface area contributed by atoms with Gasteiger partial charge in [-0.25, -0.2) is 5.01 Å². The van der Waals surface area contributed by atoms with E-state index in [-0.39, 0.29) is 5.96 Å². The molecule has 0 saturated heterocycles. The fourth-order valence-corrected chi connectivity index (χ4v) is 4.88. The highest BCUT2D eigenvalue weighted by Crippen LogP contribution is 2.11. The van der Waals surface area contributed by atoms with Gasteiger partial charge < -0.3 is 11.1 Å². The van der Waals surface area contributed by atoms with E-state index in [0.717, 1.165) is 32.5 Å². The molecule has 0 bridgehead atoms. The second-order valence-electron chi connectivity index (χ2n) is 11.7. The topological polar surface area (TPSA) is 77.2 Å².